The number of hydrogen-bond acceptors (Lipinski definition) is 3. The minimum atomic E-state index is -0.0740. The molecule has 148 valence electrons. The molecule has 0 N–H and O–H groups in total. The fourth-order valence-corrected chi connectivity index (χ4v) is 5.87. The van der Waals surface area contributed by atoms with Crippen molar-refractivity contribution in [2.24, 2.45) is 0 Å². The Balaban J connectivity index is 1.90. The van der Waals surface area contributed by atoms with Crippen LogP contribution in [0.1, 0.15) is 48.8 Å². The first-order valence-corrected chi connectivity index (χ1v) is 11.7. The maximum atomic E-state index is 13.4. The van der Waals surface area contributed by atoms with Gasteiger partial charge in [0.15, 0.2) is 5.16 Å². The van der Waals surface area contributed by atoms with Crippen molar-refractivity contribution < 1.29 is 0 Å². The summed E-state index contributed by atoms with van der Waals surface area (Å²) in [6.07, 6.45) is 8.77. The summed E-state index contributed by atoms with van der Waals surface area (Å²) in [6, 6.07) is 17.2. The number of aromatic nitrogens is 2. The highest BCUT2D eigenvalue weighted by atomic mass is 32.2. The van der Waals surface area contributed by atoms with E-state index in [2.05, 4.69) is 65.0 Å². The first-order valence-electron chi connectivity index (χ1n) is 10.5. The molecule has 1 aromatic heterocycles. The maximum absolute atomic E-state index is 13.4. The smallest absolute Gasteiger partial charge is 0.278 e. The number of aryl methyl sites for hydroxylation is 1. The largest absolute Gasteiger partial charge is 0.288 e. The Morgan fingerprint density at radius 3 is 2.45 bits per heavy atom. The third kappa shape index (κ3) is 2.96. The van der Waals surface area contributed by atoms with Crippen LogP contribution in [0, 0.1) is 6.92 Å². The average Bonchev–Trinajstić information content (AvgIpc) is 2.74. The van der Waals surface area contributed by atoms with Crippen LogP contribution in [-0.4, -0.2) is 15.8 Å². The molecule has 0 atom stereocenters. The molecule has 2 aliphatic rings. The second kappa shape index (κ2) is 7.17. The number of nitrogens with zero attached hydrogens (tertiary/aromatic N) is 2. The molecule has 4 heteroatoms. The van der Waals surface area contributed by atoms with Crippen molar-refractivity contribution in [1.29, 1.82) is 0 Å². The third-order valence-electron chi connectivity index (χ3n) is 6.68. The highest BCUT2D eigenvalue weighted by molar-refractivity contribution is 7.98. The lowest BCUT2D eigenvalue weighted by atomic mass is 9.62. The number of benzene rings is 2. The second-order valence-electron chi connectivity index (χ2n) is 8.47. The molecule has 0 saturated heterocycles. The van der Waals surface area contributed by atoms with Crippen molar-refractivity contribution in [3.05, 3.63) is 75.6 Å². The van der Waals surface area contributed by atoms with Gasteiger partial charge < -0.3 is 0 Å². The summed E-state index contributed by atoms with van der Waals surface area (Å²) in [6.45, 7) is 2.10. The summed E-state index contributed by atoms with van der Waals surface area (Å²) in [4.78, 5) is 18.0. The van der Waals surface area contributed by atoms with Crippen molar-refractivity contribution in [2.45, 2.75) is 56.0 Å². The third-order valence-corrected chi connectivity index (χ3v) is 7.32. The number of hydrogen-bond donors (Lipinski definition) is 0. The standard InChI is InChI=1S/C25H26N2OS/c1-17-10-12-19(13-11-17)27-22-20-9-5-4-8-18(20)16-25(14-6-3-7-15-25)21(22)23(28)26-24(27)29-2/h4-5,8-13H,3,6-7,14-16H2,1-2H3. The molecule has 1 saturated carbocycles. The van der Waals surface area contributed by atoms with E-state index in [0.29, 0.717) is 0 Å². The van der Waals surface area contributed by atoms with Gasteiger partial charge in [0.1, 0.15) is 0 Å². The van der Waals surface area contributed by atoms with Gasteiger partial charge in [-0.15, -0.1) is 0 Å². The van der Waals surface area contributed by atoms with E-state index in [1.165, 1.54) is 36.0 Å². The number of thioether (sulfide) groups is 1. The molecule has 1 heterocycles. The zero-order valence-corrected chi connectivity index (χ0v) is 17.9. The Kier molecular flexibility index (Phi) is 4.62. The van der Waals surface area contributed by atoms with Crippen LogP contribution in [0.4, 0.5) is 0 Å². The van der Waals surface area contributed by atoms with Gasteiger partial charge in [0.2, 0.25) is 0 Å². The molecule has 0 aliphatic heterocycles. The highest BCUT2D eigenvalue weighted by Crippen LogP contribution is 2.49. The Labute approximate surface area is 176 Å². The van der Waals surface area contributed by atoms with Gasteiger partial charge in [-0.25, -0.2) is 0 Å². The average molecular weight is 403 g/mol. The van der Waals surface area contributed by atoms with E-state index in [9.17, 15) is 4.79 Å². The Bertz CT molecular complexity index is 1120. The fraction of sp³-hybridized carbons (Fsp3) is 0.360. The van der Waals surface area contributed by atoms with E-state index >= 15 is 0 Å². The molecule has 5 rings (SSSR count). The van der Waals surface area contributed by atoms with Crippen LogP contribution in [0.3, 0.4) is 0 Å². The van der Waals surface area contributed by atoms with Gasteiger partial charge in [-0.1, -0.05) is 73.0 Å². The predicted molar refractivity (Wildman–Crippen MR) is 120 cm³/mol. The quantitative estimate of drug-likeness (QED) is 0.408. The van der Waals surface area contributed by atoms with Crippen LogP contribution in [0.15, 0.2) is 58.5 Å². The lowest BCUT2D eigenvalue weighted by Crippen LogP contribution is -2.41. The van der Waals surface area contributed by atoms with Crippen LogP contribution in [0.5, 0.6) is 0 Å². The minimum absolute atomic E-state index is 0.0240. The number of fused-ring (bicyclic) bond motifs is 4. The Morgan fingerprint density at radius 1 is 1.00 bits per heavy atom. The summed E-state index contributed by atoms with van der Waals surface area (Å²) in [7, 11) is 0. The van der Waals surface area contributed by atoms with E-state index in [0.717, 1.165) is 41.4 Å². The second-order valence-corrected chi connectivity index (χ2v) is 9.25. The fourth-order valence-electron chi connectivity index (χ4n) is 5.32. The van der Waals surface area contributed by atoms with Crippen molar-refractivity contribution in [3.63, 3.8) is 0 Å². The molecule has 0 amide bonds. The molecule has 0 bridgehead atoms. The topological polar surface area (TPSA) is 34.9 Å². The first-order chi connectivity index (χ1) is 14.1. The zero-order chi connectivity index (χ0) is 20.0. The normalized spacial score (nSPS) is 17.0. The lowest BCUT2D eigenvalue weighted by molar-refractivity contribution is 0.283. The molecule has 0 unspecified atom stereocenters. The van der Waals surface area contributed by atoms with Gasteiger partial charge >= 0.3 is 0 Å². The van der Waals surface area contributed by atoms with Crippen molar-refractivity contribution in [2.75, 3.05) is 6.26 Å². The molecule has 3 nitrogen and oxygen atoms in total. The molecule has 3 aromatic rings. The van der Waals surface area contributed by atoms with Crippen LogP contribution in [0.2, 0.25) is 0 Å². The first kappa shape index (κ1) is 18.7. The van der Waals surface area contributed by atoms with Crippen LogP contribution < -0.4 is 5.56 Å². The van der Waals surface area contributed by atoms with Gasteiger partial charge in [-0.2, -0.15) is 4.98 Å². The molecule has 29 heavy (non-hydrogen) atoms. The molecule has 1 fully saturated rings. The molecular formula is C25H26N2OS. The molecular weight excluding hydrogens is 376 g/mol. The zero-order valence-electron chi connectivity index (χ0n) is 17.1. The van der Waals surface area contributed by atoms with Gasteiger partial charge in [0, 0.05) is 16.7 Å². The summed E-state index contributed by atoms with van der Waals surface area (Å²) < 4.78 is 2.23. The van der Waals surface area contributed by atoms with Gasteiger partial charge in [0.05, 0.1) is 11.3 Å². The molecule has 2 aromatic carbocycles. The summed E-state index contributed by atoms with van der Waals surface area (Å²) in [5.41, 5.74) is 6.78. The lowest BCUT2D eigenvalue weighted by Gasteiger charge is -2.42. The molecule has 1 spiro atoms. The molecule has 2 aliphatic carbocycles. The Hall–Kier alpha value is -2.33. The van der Waals surface area contributed by atoms with E-state index in [4.69, 9.17) is 0 Å². The minimum Gasteiger partial charge on any atom is -0.288 e. The number of rotatable bonds is 2. The summed E-state index contributed by atoms with van der Waals surface area (Å²) in [5.74, 6) is 0. The van der Waals surface area contributed by atoms with E-state index in [1.54, 1.807) is 11.8 Å². The maximum Gasteiger partial charge on any atom is 0.278 e. The SMILES string of the molecule is CSc1nc(=O)c2c(n1-c1ccc(C)cc1)-c1ccccc1CC21CCCCC1. The van der Waals surface area contributed by atoms with Crippen molar-refractivity contribution >= 4 is 11.8 Å². The molecule has 0 radical (unpaired) electrons. The highest BCUT2D eigenvalue weighted by Gasteiger charge is 2.43. The Morgan fingerprint density at radius 2 is 1.72 bits per heavy atom. The van der Waals surface area contributed by atoms with Gasteiger partial charge in [0.25, 0.3) is 5.56 Å². The van der Waals surface area contributed by atoms with Crippen LogP contribution in [-0.2, 0) is 11.8 Å². The van der Waals surface area contributed by atoms with E-state index in [-0.39, 0.29) is 11.0 Å². The van der Waals surface area contributed by atoms with E-state index in [1.807, 2.05) is 6.26 Å². The van der Waals surface area contributed by atoms with Gasteiger partial charge in [-0.3, -0.25) is 9.36 Å². The van der Waals surface area contributed by atoms with Crippen molar-refractivity contribution in [3.8, 4) is 16.9 Å². The van der Waals surface area contributed by atoms with Crippen molar-refractivity contribution in [1.82, 2.24) is 9.55 Å². The van der Waals surface area contributed by atoms with Gasteiger partial charge in [-0.05, 0) is 50.1 Å². The monoisotopic (exact) mass is 402 g/mol. The van der Waals surface area contributed by atoms with Crippen LogP contribution in [0.25, 0.3) is 16.9 Å². The summed E-state index contributed by atoms with van der Waals surface area (Å²) in [5, 5.41) is 0.764. The predicted octanol–water partition coefficient (Wildman–Crippen LogP) is 5.69. The van der Waals surface area contributed by atoms with E-state index < -0.39 is 0 Å². The van der Waals surface area contributed by atoms with Crippen LogP contribution >= 0.6 is 11.8 Å². The summed E-state index contributed by atoms with van der Waals surface area (Å²) >= 11 is 1.54.